The van der Waals surface area contributed by atoms with Crippen LogP contribution >= 0.6 is 11.6 Å². The Morgan fingerprint density at radius 3 is 2.90 bits per heavy atom. The van der Waals surface area contributed by atoms with Crippen LogP contribution in [-0.4, -0.2) is 16.7 Å². The lowest BCUT2D eigenvalue weighted by Gasteiger charge is -2.16. The maximum absolute atomic E-state index is 6.36. The minimum absolute atomic E-state index is 0.185. The van der Waals surface area contributed by atoms with E-state index in [4.69, 9.17) is 11.6 Å². The van der Waals surface area contributed by atoms with Crippen LogP contribution in [0.25, 0.3) is 5.52 Å². The molecule has 21 heavy (non-hydrogen) atoms. The lowest BCUT2D eigenvalue weighted by molar-refractivity contribution is 0.596. The van der Waals surface area contributed by atoms with Gasteiger partial charge >= 0.3 is 0 Å². The first kappa shape index (κ1) is 14.1. The van der Waals surface area contributed by atoms with E-state index < -0.39 is 0 Å². The molecule has 1 aromatic carbocycles. The second-order valence-electron chi connectivity index (χ2n) is 5.27. The molecule has 0 saturated carbocycles. The third kappa shape index (κ3) is 2.80. The number of aryl methyl sites for hydroxylation is 1. The fourth-order valence-corrected chi connectivity index (χ4v) is 2.94. The number of nitrogens with zero attached hydrogens (tertiary/aromatic N) is 2. The summed E-state index contributed by atoms with van der Waals surface area (Å²) >= 11 is 6.36. The van der Waals surface area contributed by atoms with E-state index in [1.165, 1.54) is 11.1 Å². The third-order valence-corrected chi connectivity index (χ3v) is 4.16. The molecule has 3 nitrogen and oxygen atoms in total. The van der Waals surface area contributed by atoms with Gasteiger partial charge in [0.25, 0.3) is 0 Å². The fraction of sp³-hybridized carbons (Fsp3) is 0.235. The Morgan fingerprint density at radius 2 is 2.14 bits per heavy atom. The van der Waals surface area contributed by atoms with Crippen molar-refractivity contribution in [2.24, 2.45) is 0 Å². The molecule has 0 fully saturated rings. The lowest BCUT2D eigenvalue weighted by Crippen LogP contribution is -2.18. The molecule has 108 valence electrons. The molecule has 0 aliphatic carbocycles. The highest BCUT2D eigenvalue weighted by molar-refractivity contribution is 6.31. The van der Waals surface area contributed by atoms with Crippen LogP contribution in [0.15, 0.2) is 48.8 Å². The molecule has 1 unspecified atom stereocenters. The van der Waals surface area contributed by atoms with Gasteiger partial charge in [-0.15, -0.1) is 0 Å². The second kappa shape index (κ2) is 5.88. The highest BCUT2D eigenvalue weighted by atomic mass is 35.5. The number of hydrogen-bond acceptors (Lipinski definition) is 2. The van der Waals surface area contributed by atoms with E-state index in [1.807, 2.05) is 42.2 Å². The van der Waals surface area contributed by atoms with E-state index in [1.54, 1.807) is 0 Å². The van der Waals surface area contributed by atoms with Gasteiger partial charge in [0.2, 0.25) is 0 Å². The average molecular weight is 300 g/mol. The molecule has 2 heterocycles. The number of likely N-dealkylation sites (N-methyl/N-ethyl adjacent to an activating group) is 1. The van der Waals surface area contributed by atoms with Gasteiger partial charge in [-0.3, -0.25) is 0 Å². The van der Waals surface area contributed by atoms with Crippen LogP contribution in [0.4, 0.5) is 0 Å². The summed E-state index contributed by atoms with van der Waals surface area (Å²) in [4.78, 5) is 0. The Morgan fingerprint density at radius 1 is 1.29 bits per heavy atom. The van der Waals surface area contributed by atoms with Crippen LogP contribution in [0.1, 0.15) is 22.7 Å². The van der Waals surface area contributed by atoms with Crippen molar-refractivity contribution >= 4 is 17.1 Å². The lowest BCUT2D eigenvalue weighted by atomic mass is 9.99. The van der Waals surface area contributed by atoms with Gasteiger partial charge < -0.3 is 5.32 Å². The van der Waals surface area contributed by atoms with E-state index in [2.05, 4.69) is 35.5 Å². The minimum atomic E-state index is 0.185. The highest BCUT2D eigenvalue weighted by Gasteiger charge is 2.16. The monoisotopic (exact) mass is 299 g/mol. The number of halogens is 1. The fourth-order valence-electron chi connectivity index (χ4n) is 2.63. The number of aromatic nitrogens is 2. The minimum Gasteiger partial charge on any atom is -0.313 e. The van der Waals surface area contributed by atoms with Crippen molar-refractivity contribution in [2.45, 2.75) is 19.4 Å². The summed E-state index contributed by atoms with van der Waals surface area (Å²) in [7, 11) is 1.97. The van der Waals surface area contributed by atoms with Crippen molar-refractivity contribution in [3.63, 3.8) is 0 Å². The molecule has 4 heteroatoms. The normalized spacial score (nSPS) is 12.7. The van der Waals surface area contributed by atoms with Gasteiger partial charge in [-0.1, -0.05) is 29.8 Å². The number of fused-ring (bicyclic) bond motifs is 1. The summed E-state index contributed by atoms with van der Waals surface area (Å²) in [6.45, 7) is 2.05. The van der Waals surface area contributed by atoms with Crippen LogP contribution in [0.5, 0.6) is 0 Å². The Hall–Kier alpha value is -1.84. The third-order valence-electron chi connectivity index (χ3n) is 3.81. The van der Waals surface area contributed by atoms with Crippen LogP contribution < -0.4 is 5.32 Å². The zero-order chi connectivity index (χ0) is 14.8. The molecular formula is C17H18ClN3. The molecule has 0 radical (unpaired) electrons. The Bertz CT molecular complexity index is 764. The smallest absolute Gasteiger partial charge is 0.0709 e. The van der Waals surface area contributed by atoms with E-state index in [-0.39, 0.29) is 6.04 Å². The maximum atomic E-state index is 6.36. The van der Waals surface area contributed by atoms with Gasteiger partial charge in [0.1, 0.15) is 0 Å². The first-order chi connectivity index (χ1) is 10.2. The number of hydrogen-bond donors (Lipinski definition) is 1. The predicted molar refractivity (Wildman–Crippen MR) is 86.9 cm³/mol. The van der Waals surface area contributed by atoms with Gasteiger partial charge in [-0.25, -0.2) is 4.52 Å². The zero-order valence-electron chi connectivity index (χ0n) is 12.2. The predicted octanol–water partition coefficient (Wildman–Crippen LogP) is 3.80. The summed E-state index contributed by atoms with van der Waals surface area (Å²) in [6, 6.07) is 12.5. The van der Waals surface area contributed by atoms with Crippen molar-refractivity contribution in [1.82, 2.24) is 14.9 Å². The van der Waals surface area contributed by atoms with Crippen LogP contribution in [-0.2, 0) is 6.42 Å². The highest BCUT2D eigenvalue weighted by Crippen LogP contribution is 2.26. The molecule has 1 atom stereocenters. The molecule has 1 N–H and O–H groups in total. The Kier molecular flexibility index (Phi) is 3.95. The molecule has 0 saturated heterocycles. The summed E-state index contributed by atoms with van der Waals surface area (Å²) in [5.41, 5.74) is 4.65. The maximum Gasteiger partial charge on any atom is 0.0709 e. The largest absolute Gasteiger partial charge is 0.313 e. The molecule has 0 bridgehead atoms. The number of nitrogens with one attached hydrogen (secondary N) is 1. The Labute approximate surface area is 129 Å². The summed E-state index contributed by atoms with van der Waals surface area (Å²) in [5, 5.41) is 8.61. The van der Waals surface area contributed by atoms with Crippen molar-refractivity contribution < 1.29 is 0 Å². The first-order valence-electron chi connectivity index (χ1n) is 7.03. The van der Waals surface area contributed by atoms with E-state index >= 15 is 0 Å². The molecule has 3 rings (SSSR count). The van der Waals surface area contributed by atoms with Crippen LogP contribution in [0.2, 0.25) is 5.02 Å². The van der Waals surface area contributed by atoms with Gasteiger partial charge in [-0.2, -0.15) is 5.10 Å². The summed E-state index contributed by atoms with van der Waals surface area (Å²) in [6.07, 6.45) is 4.73. The van der Waals surface area contributed by atoms with Crippen LogP contribution in [0.3, 0.4) is 0 Å². The average Bonchev–Trinajstić information content (AvgIpc) is 2.91. The van der Waals surface area contributed by atoms with Crippen molar-refractivity contribution in [2.75, 3.05) is 7.05 Å². The second-order valence-corrected chi connectivity index (χ2v) is 5.68. The molecule has 0 amide bonds. The summed E-state index contributed by atoms with van der Waals surface area (Å²) < 4.78 is 1.90. The molecule has 0 aliphatic heterocycles. The SMILES string of the molecule is CNC(Cc1ccc(C)cc1Cl)c1cnn2ccccc12. The van der Waals surface area contributed by atoms with E-state index in [0.717, 1.165) is 22.5 Å². The van der Waals surface area contributed by atoms with Gasteiger partial charge in [0.15, 0.2) is 0 Å². The molecular weight excluding hydrogens is 282 g/mol. The number of pyridine rings is 1. The number of rotatable bonds is 4. The summed E-state index contributed by atoms with van der Waals surface area (Å²) in [5.74, 6) is 0. The molecule has 3 aromatic rings. The van der Waals surface area contributed by atoms with E-state index in [9.17, 15) is 0 Å². The van der Waals surface area contributed by atoms with Crippen molar-refractivity contribution in [1.29, 1.82) is 0 Å². The molecule has 0 spiro atoms. The zero-order valence-corrected chi connectivity index (χ0v) is 12.9. The van der Waals surface area contributed by atoms with Crippen molar-refractivity contribution in [3.05, 3.63) is 70.5 Å². The van der Waals surface area contributed by atoms with Gasteiger partial charge in [-0.05, 0) is 49.7 Å². The molecule has 2 aromatic heterocycles. The molecule has 0 aliphatic rings. The number of benzene rings is 1. The quantitative estimate of drug-likeness (QED) is 0.794. The standard InChI is InChI=1S/C17H18ClN3/c1-12-6-7-13(15(18)9-12)10-16(19-2)14-11-20-21-8-4-3-5-17(14)21/h3-9,11,16,19H,10H2,1-2H3. The first-order valence-corrected chi connectivity index (χ1v) is 7.41. The van der Waals surface area contributed by atoms with Crippen LogP contribution in [0, 0.1) is 6.92 Å². The Balaban J connectivity index is 1.95. The van der Waals surface area contributed by atoms with Gasteiger partial charge in [0.05, 0.1) is 11.7 Å². The van der Waals surface area contributed by atoms with Gasteiger partial charge in [0, 0.05) is 22.8 Å². The van der Waals surface area contributed by atoms with Crippen molar-refractivity contribution in [3.8, 4) is 0 Å². The van der Waals surface area contributed by atoms with E-state index in [0.29, 0.717) is 0 Å². The topological polar surface area (TPSA) is 29.3 Å².